The van der Waals surface area contributed by atoms with Crippen molar-refractivity contribution < 1.29 is 14.7 Å². The van der Waals surface area contributed by atoms with Gasteiger partial charge in [-0.3, -0.25) is 9.59 Å². The van der Waals surface area contributed by atoms with Crippen molar-refractivity contribution >= 4 is 17.4 Å². The Balaban J connectivity index is 2.06. The number of anilines is 1. The summed E-state index contributed by atoms with van der Waals surface area (Å²) in [7, 11) is 0. The zero-order chi connectivity index (χ0) is 13.4. The van der Waals surface area contributed by atoms with Crippen LogP contribution in [0.2, 0.25) is 0 Å². The highest BCUT2D eigenvalue weighted by Crippen LogP contribution is 2.35. The Hall–Kier alpha value is -2.62. The number of rotatable bonds is 2. The number of benzene rings is 2. The van der Waals surface area contributed by atoms with Gasteiger partial charge < -0.3 is 10.4 Å². The summed E-state index contributed by atoms with van der Waals surface area (Å²) in [6, 6.07) is 13.3. The molecule has 0 spiro atoms. The van der Waals surface area contributed by atoms with E-state index in [1.807, 2.05) is 0 Å². The van der Waals surface area contributed by atoms with Gasteiger partial charge in [-0.05, 0) is 23.8 Å². The summed E-state index contributed by atoms with van der Waals surface area (Å²) in [6.07, 6.45) is 0. The number of hydrogen-bond donors (Lipinski definition) is 2. The Bertz CT molecular complexity index is 679. The molecule has 0 aliphatic carbocycles. The third-order valence-corrected chi connectivity index (χ3v) is 3.22. The second-order valence-electron chi connectivity index (χ2n) is 4.39. The van der Waals surface area contributed by atoms with Gasteiger partial charge >= 0.3 is 0 Å². The fraction of sp³-hybridized carbons (Fsp3) is 0.0667. The van der Waals surface area contributed by atoms with Gasteiger partial charge in [0, 0.05) is 5.69 Å². The zero-order valence-corrected chi connectivity index (χ0v) is 9.96. The fourth-order valence-corrected chi connectivity index (χ4v) is 2.31. The van der Waals surface area contributed by atoms with Crippen molar-refractivity contribution in [2.24, 2.45) is 0 Å². The molecule has 2 aromatic rings. The van der Waals surface area contributed by atoms with Crippen LogP contribution in [0.3, 0.4) is 0 Å². The molecule has 0 bridgehead atoms. The van der Waals surface area contributed by atoms with E-state index in [9.17, 15) is 14.7 Å². The van der Waals surface area contributed by atoms with Gasteiger partial charge in [0.25, 0.3) is 0 Å². The third-order valence-electron chi connectivity index (χ3n) is 3.22. The molecular weight excluding hydrogens is 242 g/mol. The zero-order valence-electron chi connectivity index (χ0n) is 9.96. The van der Waals surface area contributed by atoms with E-state index in [1.54, 1.807) is 36.4 Å². The molecule has 0 radical (unpaired) electrons. The number of carbonyl (C=O) groups is 2. The first kappa shape index (κ1) is 11.5. The molecule has 0 saturated carbocycles. The van der Waals surface area contributed by atoms with Crippen molar-refractivity contribution in [3.8, 4) is 5.75 Å². The summed E-state index contributed by atoms with van der Waals surface area (Å²) in [5.74, 6) is -1.73. The topological polar surface area (TPSA) is 66.4 Å². The van der Waals surface area contributed by atoms with Crippen molar-refractivity contribution in [2.75, 3.05) is 5.32 Å². The van der Waals surface area contributed by atoms with Crippen molar-refractivity contribution in [2.45, 2.75) is 5.92 Å². The molecule has 2 N–H and O–H groups in total. The molecule has 0 saturated heterocycles. The van der Waals surface area contributed by atoms with E-state index in [0.717, 1.165) is 0 Å². The molecule has 4 nitrogen and oxygen atoms in total. The van der Waals surface area contributed by atoms with E-state index in [2.05, 4.69) is 5.32 Å². The largest absolute Gasteiger partial charge is 0.507 e. The summed E-state index contributed by atoms with van der Waals surface area (Å²) < 4.78 is 0. The summed E-state index contributed by atoms with van der Waals surface area (Å²) >= 11 is 0. The monoisotopic (exact) mass is 253 g/mol. The van der Waals surface area contributed by atoms with E-state index in [1.165, 1.54) is 12.1 Å². The number of phenols is 1. The standard InChI is InChI=1S/C15H11NO3/c17-12-8-4-2-6-10(12)14(18)13-9-5-1-3-7-11(9)16-15(13)19/h1-8,13,17H,(H,16,19). The molecule has 2 aromatic carbocycles. The molecule has 1 aliphatic rings. The molecule has 1 aliphatic heterocycles. The molecule has 4 heteroatoms. The maximum atomic E-state index is 12.4. The summed E-state index contributed by atoms with van der Waals surface area (Å²) in [5.41, 5.74) is 1.47. The second kappa shape index (κ2) is 4.24. The minimum Gasteiger partial charge on any atom is -0.507 e. The summed E-state index contributed by atoms with van der Waals surface area (Å²) in [4.78, 5) is 24.4. The van der Waals surface area contributed by atoms with Gasteiger partial charge in [0.1, 0.15) is 11.7 Å². The Morgan fingerprint density at radius 1 is 1.05 bits per heavy atom. The highest BCUT2D eigenvalue weighted by atomic mass is 16.3. The lowest BCUT2D eigenvalue weighted by Crippen LogP contribution is -2.21. The molecule has 94 valence electrons. The highest BCUT2D eigenvalue weighted by molar-refractivity contribution is 6.22. The highest BCUT2D eigenvalue weighted by Gasteiger charge is 2.37. The molecule has 0 aromatic heterocycles. The van der Waals surface area contributed by atoms with Crippen molar-refractivity contribution in [1.29, 1.82) is 0 Å². The molecule has 0 fully saturated rings. The van der Waals surface area contributed by atoms with Crippen LogP contribution in [0.5, 0.6) is 5.75 Å². The number of Topliss-reactive ketones (excluding diaryl/α,β-unsaturated/α-hetero) is 1. The number of hydrogen-bond acceptors (Lipinski definition) is 3. The summed E-state index contributed by atoms with van der Waals surface area (Å²) in [6.45, 7) is 0. The minimum atomic E-state index is -0.885. The maximum Gasteiger partial charge on any atom is 0.239 e. The number of nitrogens with one attached hydrogen (secondary N) is 1. The molecule has 1 unspecified atom stereocenters. The molecule has 1 heterocycles. The van der Waals surface area contributed by atoms with Gasteiger partial charge in [-0.1, -0.05) is 30.3 Å². The fourth-order valence-electron chi connectivity index (χ4n) is 2.31. The van der Waals surface area contributed by atoms with E-state index >= 15 is 0 Å². The number of para-hydroxylation sites is 2. The van der Waals surface area contributed by atoms with Gasteiger partial charge in [-0.25, -0.2) is 0 Å². The van der Waals surface area contributed by atoms with Crippen LogP contribution < -0.4 is 5.32 Å². The number of amides is 1. The SMILES string of the molecule is O=C1Nc2ccccc2C1C(=O)c1ccccc1O. The number of aromatic hydroxyl groups is 1. The van der Waals surface area contributed by atoms with Gasteiger partial charge in [0.05, 0.1) is 5.56 Å². The first-order valence-electron chi connectivity index (χ1n) is 5.90. The van der Waals surface area contributed by atoms with Crippen LogP contribution >= 0.6 is 0 Å². The van der Waals surface area contributed by atoms with Gasteiger partial charge in [0.15, 0.2) is 5.78 Å². The Kier molecular flexibility index (Phi) is 2.56. The van der Waals surface area contributed by atoms with Gasteiger partial charge in [0.2, 0.25) is 5.91 Å². The Morgan fingerprint density at radius 2 is 1.74 bits per heavy atom. The van der Waals surface area contributed by atoms with E-state index in [4.69, 9.17) is 0 Å². The van der Waals surface area contributed by atoms with Gasteiger partial charge in [-0.15, -0.1) is 0 Å². The van der Waals surface area contributed by atoms with Crippen molar-refractivity contribution in [3.05, 3.63) is 59.7 Å². The van der Waals surface area contributed by atoms with Crippen LogP contribution in [-0.2, 0) is 4.79 Å². The maximum absolute atomic E-state index is 12.4. The third kappa shape index (κ3) is 1.78. The number of phenolic OH excluding ortho intramolecular Hbond substituents is 1. The summed E-state index contributed by atoms with van der Waals surface area (Å²) in [5, 5.41) is 12.4. The first-order chi connectivity index (χ1) is 9.18. The second-order valence-corrected chi connectivity index (χ2v) is 4.39. The van der Waals surface area contributed by atoms with Gasteiger partial charge in [-0.2, -0.15) is 0 Å². The normalized spacial score (nSPS) is 16.8. The average molecular weight is 253 g/mol. The van der Waals surface area contributed by atoms with E-state index in [-0.39, 0.29) is 23.0 Å². The molecule has 1 atom stereocenters. The molecule has 1 amide bonds. The quantitative estimate of drug-likeness (QED) is 0.637. The van der Waals surface area contributed by atoms with Crippen LogP contribution in [0.4, 0.5) is 5.69 Å². The minimum absolute atomic E-state index is 0.107. The van der Waals surface area contributed by atoms with Crippen LogP contribution in [0, 0.1) is 0 Å². The number of carbonyl (C=O) groups excluding carboxylic acids is 2. The number of ketones is 1. The molecular formula is C15H11NO3. The first-order valence-corrected chi connectivity index (χ1v) is 5.90. The molecule has 19 heavy (non-hydrogen) atoms. The lowest BCUT2D eigenvalue weighted by Gasteiger charge is -2.09. The predicted molar refractivity (Wildman–Crippen MR) is 70.3 cm³/mol. The smallest absolute Gasteiger partial charge is 0.239 e. The predicted octanol–water partition coefficient (Wildman–Crippen LogP) is 2.31. The lowest BCUT2D eigenvalue weighted by molar-refractivity contribution is -0.116. The van der Waals surface area contributed by atoms with Crippen molar-refractivity contribution in [3.63, 3.8) is 0 Å². The van der Waals surface area contributed by atoms with Crippen LogP contribution in [0.1, 0.15) is 21.8 Å². The Morgan fingerprint density at radius 3 is 2.53 bits per heavy atom. The Labute approximate surface area is 109 Å². The van der Waals surface area contributed by atoms with E-state index in [0.29, 0.717) is 11.3 Å². The van der Waals surface area contributed by atoms with E-state index < -0.39 is 5.92 Å². The van der Waals surface area contributed by atoms with Crippen LogP contribution in [0.15, 0.2) is 48.5 Å². The lowest BCUT2D eigenvalue weighted by atomic mass is 9.91. The molecule has 3 rings (SSSR count). The van der Waals surface area contributed by atoms with Crippen molar-refractivity contribution in [1.82, 2.24) is 0 Å². The van der Waals surface area contributed by atoms with Crippen LogP contribution in [0.25, 0.3) is 0 Å². The average Bonchev–Trinajstić information content (AvgIpc) is 2.74. The number of fused-ring (bicyclic) bond motifs is 1. The van der Waals surface area contributed by atoms with Crippen LogP contribution in [-0.4, -0.2) is 16.8 Å².